The SMILES string of the molecule is Cc1cccc(C)c1NC(=O)CNC(=O)[C@@H](C)Sc1ccc(Cl)cc1. The Balaban J connectivity index is 1.84. The van der Waals surface area contributed by atoms with E-state index in [0.29, 0.717) is 5.02 Å². The van der Waals surface area contributed by atoms with Crippen LogP contribution in [0.3, 0.4) is 0 Å². The molecule has 2 aromatic carbocycles. The van der Waals surface area contributed by atoms with Crippen molar-refractivity contribution in [2.24, 2.45) is 0 Å². The molecule has 132 valence electrons. The molecule has 0 fully saturated rings. The number of thioether (sulfide) groups is 1. The molecule has 6 heteroatoms. The first-order valence-corrected chi connectivity index (χ1v) is 9.18. The molecule has 2 amide bonds. The number of anilines is 1. The third-order valence-electron chi connectivity index (χ3n) is 3.66. The molecular formula is C19H21ClN2O2S. The highest BCUT2D eigenvalue weighted by molar-refractivity contribution is 8.00. The first-order valence-electron chi connectivity index (χ1n) is 7.93. The van der Waals surface area contributed by atoms with Gasteiger partial charge in [-0.25, -0.2) is 0 Å². The zero-order valence-corrected chi connectivity index (χ0v) is 16.0. The van der Waals surface area contributed by atoms with Gasteiger partial charge >= 0.3 is 0 Å². The average Bonchev–Trinajstić information content (AvgIpc) is 2.58. The van der Waals surface area contributed by atoms with Gasteiger partial charge in [0.2, 0.25) is 11.8 Å². The molecule has 0 saturated heterocycles. The fraction of sp³-hybridized carbons (Fsp3) is 0.263. The fourth-order valence-electron chi connectivity index (χ4n) is 2.28. The largest absolute Gasteiger partial charge is 0.346 e. The molecule has 0 radical (unpaired) electrons. The van der Waals surface area contributed by atoms with Crippen LogP contribution in [0.1, 0.15) is 18.1 Å². The maximum atomic E-state index is 12.2. The predicted octanol–water partition coefficient (Wildman–Crippen LogP) is 4.19. The summed E-state index contributed by atoms with van der Waals surface area (Å²) >= 11 is 7.27. The number of carbonyl (C=O) groups excluding carboxylic acids is 2. The Labute approximate surface area is 157 Å². The van der Waals surface area contributed by atoms with E-state index in [1.807, 2.05) is 44.2 Å². The van der Waals surface area contributed by atoms with Crippen molar-refractivity contribution in [3.05, 3.63) is 58.6 Å². The van der Waals surface area contributed by atoms with Gasteiger partial charge in [-0.05, 0) is 56.2 Å². The fourth-order valence-corrected chi connectivity index (χ4v) is 3.29. The molecule has 0 saturated carbocycles. The number of benzene rings is 2. The van der Waals surface area contributed by atoms with Crippen LogP contribution < -0.4 is 10.6 Å². The van der Waals surface area contributed by atoms with E-state index in [1.54, 1.807) is 19.1 Å². The van der Waals surface area contributed by atoms with Crippen LogP contribution >= 0.6 is 23.4 Å². The lowest BCUT2D eigenvalue weighted by Crippen LogP contribution is -2.37. The lowest BCUT2D eigenvalue weighted by Gasteiger charge is -2.14. The summed E-state index contributed by atoms with van der Waals surface area (Å²) in [5.41, 5.74) is 2.78. The van der Waals surface area contributed by atoms with Gasteiger partial charge in [-0.2, -0.15) is 0 Å². The van der Waals surface area contributed by atoms with Crippen molar-refractivity contribution in [1.82, 2.24) is 5.32 Å². The van der Waals surface area contributed by atoms with Crippen LogP contribution in [0.15, 0.2) is 47.4 Å². The van der Waals surface area contributed by atoms with Gasteiger partial charge in [0.15, 0.2) is 0 Å². The van der Waals surface area contributed by atoms with E-state index < -0.39 is 0 Å². The van der Waals surface area contributed by atoms with Crippen LogP contribution in [-0.2, 0) is 9.59 Å². The minimum absolute atomic E-state index is 0.0574. The molecule has 0 aliphatic carbocycles. The van der Waals surface area contributed by atoms with Crippen molar-refractivity contribution < 1.29 is 9.59 Å². The molecule has 0 bridgehead atoms. The van der Waals surface area contributed by atoms with Crippen molar-refractivity contribution in [3.63, 3.8) is 0 Å². The monoisotopic (exact) mass is 376 g/mol. The Morgan fingerprint density at radius 2 is 1.68 bits per heavy atom. The summed E-state index contributed by atoms with van der Waals surface area (Å²) in [6, 6.07) is 13.1. The average molecular weight is 377 g/mol. The van der Waals surface area contributed by atoms with Crippen LogP contribution in [0, 0.1) is 13.8 Å². The number of nitrogens with one attached hydrogen (secondary N) is 2. The molecule has 25 heavy (non-hydrogen) atoms. The summed E-state index contributed by atoms with van der Waals surface area (Å²) in [5.74, 6) is -0.425. The summed E-state index contributed by atoms with van der Waals surface area (Å²) in [7, 11) is 0. The van der Waals surface area contributed by atoms with Gasteiger partial charge in [-0.1, -0.05) is 29.8 Å². The van der Waals surface area contributed by atoms with E-state index in [4.69, 9.17) is 11.6 Å². The van der Waals surface area contributed by atoms with Gasteiger partial charge in [0, 0.05) is 15.6 Å². The van der Waals surface area contributed by atoms with Crippen LogP contribution in [0.25, 0.3) is 0 Å². The number of halogens is 1. The van der Waals surface area contributed by atoms with Gasteiger partial charge in [0.1, 0.15) is 0 Å². The van der Waals surface area contributed by atoms with Crippen molar-refractivity contribution in [2.45, 2.75) is 30.9 Å². The van der Waals surface area contributed by atoms with Crippen LogP contribution in [0.2, 0.25) is 5.02 Å². The number of hydrogen-bond donors (Lipinski definition) is 2. The second-order valence-corrected chi connectivity index (χ2v) is 7.60. The maximum absolute atomic E-state index is 12.2. The first kappa shape index (κ1) is 19.3. The first-order chi connectivity index (χ1) is 11.9. The minimum atomic E-state index is -0.311. The lowest BCUT2D eigenvalue weighted by molar-refractivity contribution is -0.123. The van der Waals surface area contributed by atoms with Crippen molar-refractivity contribution in [1.29, 1.82) is 0 Å². The number of para-hydroxylation sites is 1. The second-order valence-electron chi connectivity index (χ2n) is 5.75. The topological polar surface area (TPSA) is 58.2 Å². The Hall–Kier alpha value is -1.98. The molecule has 0 aliphatic rings. The number of rotatable bonds is 6. The number of aryl methyl sites for hydroxylation is 2. The van der Waals surface area contributed by atoms with Crippen molar-refractivity contribution in [3.8, 4) is 0 Å². The highest BCUT2D eigenvalue weighted by Crippen LogP contribution is 2.24. The Bertz CT molecular complexity index is 742. The predicted molar refractivity (Wildman–Crippen MR) is 104 cm³/mol. The highest BCUT2D eigenvalue weighted by atomic mass is 35.5. The summed E-state index contributed by atoms with van der Waals surface area (Å²) in [6.45, 7) is 5.62. The molecule has 2 rings (SSSR count). The number of carbonyl (C=O) groups is 2. The van der Waals surface area contributed by atoms with Gasteiger partial charge in [0.25, 0.3) is 0 Å². The van der Waals surface area contributed by atoms with Crippen LogP contribution in [0.5, 0.6) is 0 Å². The molecule has 2 N–H and O–H groups in total. The third kappa shape index (κ3) is 5.80. The van der Waals surface area contributed by atoms with E-state index in [9.17, 15) is 9.59 Å². The summed E-state index contributed by atoms with van der Waals surface area (Å²) < 4.78 is 0. The molecule has 2 aromatic rings. The zero-order chi connectivity index (χ0) is 18.4. The van der Waals surface area contributed by atoms with Gasteiger partial charge in [0.05, 0.1) is 11.8 Å². The highest BCUT2D eigenvalue weighted by Gasteiger charge is 2.16. The number of hydrogen-bond acceptors (Lipinski definition) is 3. The molecular weight excluding hydrogens is 356 g/mol. The maximum Gasteiger partial charge on any atom is 0.243 e. The molecule has 1 atom stereocenters. The van der Waals surface area contributed by atoms with Crippen molar-refractivity contribution >= 4 is 40.9 Å². The number of amides is 2. The normalized spacial score (nSPS) is 11.7. The summed E-state index contributed by atoms with van der Waals surface area (Å²) in [6.07, 6.45) is 0. The van der Waals surface area contributed by atoms with Crippen molar-refractivity contribution in [2.75, 3.05) is 11.9 Å². The third-order valence-corrected chi connectivity index (χ3v) is 5.03. The van der Waals surface area contributed by atoms with Gasteiger partial charge in [-0.3, -0.25) is 9.59 Å². The van der Waals surface area contributed by atoms with Gasteiger partial charge in [-0.15, -0.1) is 11.8 Å². The molecule has 4 nitrogen and oxygen atoms in total. The lowest BCUT2D eigenvalue weighted by atomic mass is 10.1. The van der Waals surface area contributed by atoms with Crippen LogP contribution in [-0.4, -0.2) is 23.6 Å². The van der Waals surface area contributed by atoms with E-state index in [1.165, 1.54) is 11.8 Å². The quantitative estimate of drug-likeness (QED) is 0.743. The molecule has 0 heterocycles. The Morgan fingerprint density at radius 3 is 2.28 bits per heavy atom. The summed E-state index contributed by atoms with van der Waals surface area (Å²) in [4.78, 5) is 25.2. The molecule has 0 aromatic heterocycles. The Kier molecular flexibility index (Phi) is 6.91. The van der Waals surface area contributed by atoms with E-state index >= 15 is 0 Å². The molecule has 0 unspecified atom stereocenters. The van der Waals surface area contributed by atoms with E-state index in [0.717, 1.165) is 21.7 Å². The van der Waals surface area contributed by atoms with E-state index in [-0.39, 0.29) is 23.6 Å². The standard InChI is InChI=1S/C19H21ClN2O2S/c1-12-5-4-6-13(2)18(12)22-17(23)11-21-19(24)14(3)25-16-9-7-15(20)8-10-16/h4-10,14H,11H2,1-3H3,(H,21,24)(H,22,23)/t14-/m1/s1. The Morgan fingerprint density at radius 1 is 1.08 bits per heavy atom. The van der Waals surface area contributed by atoms with Crippen LogP contribution in [0.4, 0.5) is 5.69 Å². The van der Waals surface area contributed by atoms with Gasteiger partial charge < -0.3 is 10.6 Å². The smallest absolute Gasteiger partial charge is 0.243 e. The minimum Gasteiger partial charge on any atom is -0.346 e. The second kappa shape index (κ2) is 8.92. The zero-order valence-electron chi connectivity index (χ0n) is 14.4. The molecule has 0 aliphatic heterocycles. The van der Waals surface area contributed by atoms with E-state index in [2.05, 4.69) is 10.6 Å². The molecule has 0 spiro atoms. The summed E-state index contributed by atoms with van der Waals surface area (Å²) in [5, 5.41) is 5.87.